The van der Waals surface area contributed by atoms with Crippen molar-refractivity contribution in [1.82, 2.24) is 0 Å². The van der Waals surface area contributed by atoms with Crippen LogP contribution in [0.5, 0.6) is 0 Å². The summed E-state index contributed by atoms with van der Waals surface area (Å²) in [6, 6.07) is 0.673. The topological polar surface area (TPSA) is 27.7 Å². The molecule has 0 aromatic heterocycles. The molecule has 0 saturated carbocycles. The molecule has 0 amide bonds. The van der Waals surface area contributed by atoms with Gasteiger partial charge in [-0.3, -0.25) is 0 Å². The highest BCUT2D eigenvalue weighted by Gasteiger charge is 2.39. The van der Waals surface area contributed by atoms with Gasteiger partial charge in [-0.2, -0.15) is 0 Å². The number of rotatable bonds is 7. The number of hydrogen-bond acceptors (Lipinski definition) is 3. The Hall–Kier alpha value is 0.387. The molecule has 0 fully saturated rings. The fourth-order valence-corrected chi connectivity index (χ4v) is 3.72. The lowest BCUT2D eigenvalue weighted by molar-refractivity contribution is 0.123. The summed E-state index contributed by atoms with van der Waals surface area (Å²) in [6.07, 6.45) is 2.03. The Morgan fingerprint density at radius 3 is 1.92 bits per heavy atom. The van der Waals surface area contributed by atoms with E-state index in [1.54, 1.807) is 21.3 Å². The van der Waals surface area contributed by atoms with Crippen molar-refractivity contribution in [3.63, 3.8) is 0 Å². The molecule has 80 valence electrons. The fourth-order valence-electron chi connectivity index (χ4n) is 1.19. The van der Waals surface area contributed by atoms with Crippen molar-refractivity contribution in [2.75, 3.05) is 21.3 Å². The molecule has 0 spiro atoms. The molecule has 1 unspecified atom stereocenters. The third-order valence-corrected chi connectivity index (χ3v) is 5.50. The molecule has 0 bridgehead atoms. The van der Waals surface area contributed by atoms with E-state index in [-0.39, 0.29) is 5.38 Å². The average molecular weight is 227 g/mol. The van der Waals surface area contributed by atoms with E-state index < -0.39 is 8.80 Å². The van der Waals surface area contributed by atoms with Gasteiger partial charge in [-0.05, 0) is 6.42 Å². The Labute approximate surface area is 86.7 Å². The monoisotopic (exact) mass is 226 g/mol. The van der Waals surface area contributed by atoms with Crippen LogP contribution in [0.25, 0.3) is 0 Å². The van der Waals surface area contributed by atoms with Gasteiger partial charge < -0.3 is 13.3 Å². The molecule has 0 rings (SSSR count). The van der Waals surface area contributed by atoms with Crippen molar-refractivity contribution >= 4 is 20.4 Å². The van der Waals surface area contributed by atoms with Crippen LogP contribution in [0, 0.1) is 0 Å². The lowest BCUT2D eigenvalue weighted by Crippen LogP contribution is -2.44. The Morgan fingerprint density at radius 2 is 1.62 bits per heavy atom. The Balaban J connectivity index is 4.07. The van der Waals surface area contributed by atoms with E-state index >= 15 is 0 Å². The number of alkyl halides is 1. The van der Waals surface area contributed by atoms with Gasteiger partial charge in [-0.25, -0.2) is 0 Å². The van der Waals surface area contributed by atoms with Gasteiger partial charge in [0.2, 0.25) is 0 Å². The summed E-state index contributed by atoms with van der Waals surface area (Å²) in [5.74, 6) is 0. The lowest BCUT2D eigenvalue weighted by Gasteiger charge is -2.26. The molecule has 0 N–H and O–H groups in total. The highest BCUT2D eigenvalue weighted by atomic mass is 35.5. The van der Waals surface area contributed by atoms with Crippen LogP contribution < -0.4 is 0 Å². The second kappa shape index (κ2) is 6.78. The molecule has 5 heteroatoms. The predicted octanol–water partition coefficient (Wildman–Crippen LogP) is 2.27. The molecule has 1 atom stereocenters. The zero-order chi connectivity index (χ0) is 10.3. The van der Waals surface area contributed by atoms with E-state index in [0.29, 0.717) is 6.04 Å². The second-order valence-electron chi connectivity index (χ2n) is 2.89. The summed E-state index contributed by atoms with van der Waals surface area (Å²) >= 11 is 6.10. The summed E-state index contributed by atoms with van der Waals surface area (Å²) < 4.78 is 15.8. The molecule has 0 heterocycles. The van der Waals surface area contributed by atoms with Crippen molar-refractivity contribution in [2.45, 2.75) is 31.2 Å². The summed E-state index contributed by atoms with van der Waals surface area (Å²) in [6.45, 7) is 2.10. The van der Waals surface area contributed by atoms with Crippen LogP contribution >= 0.6 is 11.6 Å². The summed E-state index contributed by atoms with van der Waals surface area (Å²) in [5, 5.41) is 0.0801. The molecular weight excluding hydrogens is 208 g/mol. The third kappa shape index (κ3) is 4.42. The average Bonchev–Trinajstić information content (AvgIpc) is 2.15. The van der Waals surface area contributed by atoms with Crippen LogP contribution in [-0.4, -0.2) is 35.5 Å². The zero-order valence-corrected chi connectivity index (χ0v) is 10.6. The van der Waals surface area contributed by atoms with E-state index in [4.69, 9.17) is 24.9 Å². The van der Waals surface area contributed by atoms with E-state index in [1.807, 2.05) is 0 Å². The van der Waals surface area contributed by atoms with Crippen molar-refractivity contribution in [1.29, 1.82) is 0 Å². The first-order chi connectivity index (χ1) is 6.14. The molecule has 0 aliphatic rings. The predicted molar refractivity (Wildman–Crippen MR) is 56.1 cm³/mol. The van der Waals surface area contributed by atoms with Crippen molar-refractivity contribution in [3.8, 4) is 0 Å². The molecule has 3 nitrogen and oxygen atoms in total. The number of hydrogen-bond donors (Lipinski definition) is 0. The maximum absolute atomic E-state index is 6.10. The van der Waals surface area contributed by atoms with E-state index in [9.17, 15) is 0 Å². The van der Waals surface area contributed by atoms with Gasteiger partial charge in [0.25, 0.3) is 0 Å². The lowest BCUT2D eigenvalue weighted by atomic mass is 10.3. The minimum absolute atomic E-state index is 0.0801. The highest BCUT2D eigenvalue weighted by Crippen LogP contribution is 2.21. The van der Waals surface area contributed by atoms with Gasteiger partial charge in [0, 0.05) is 32.8 Å². The smallest absolute Gasteiger partial charge is 0.377 e. The SMILES string of the molecule is CCCC(Cl)C[Si](OC)(OC)OC. The van der Waals surface area contributed by atoms with Gasteiger partial charge >= 0.3 is 8.80 Å². The van der Waals surface area contributed by atoms with Gasteiger partial charge in [-0.1, -0.05) is 13.3 Å². The minimum atomic E-state index is -2.45. The standard InChI is InChI=1S/C8H19ClO3Si/c1-5-6-8(9)7-13(10-2,11-3)12-4/h8H,5-7H2,1-4H3. The largest absolute Gasteiger partial charge is 0.501 e. The molecule has 0 aliphatic heterocycles. The third-order valence-electron chi connectivity index (χ3n) is 2.01. The molecule has 0 aromatic carbocycles. The van der Waals surface area contributed by atoms with E-state index in [2.05, 4.69) is 6.92 Å². The highest BCUT2D eigenvalue weighted by molar-refractivity contribution is 6.61. The molecule has 0 saturated heterocycles. The van der Waals surface area contributed by atoms with Crippen LogP contribution in [0.3, 0.4) is 0 Å². The van der Waals surface area contributed by atoms with Gasteiger partial charge in [-0.15, -0.1) is 11.6 Å². The van der Waals surface area contributed by atoms with Crippen LogP contribution in [-0.2, 0) is 13.3 Å². The number of halogens is 1. The van der Waals surface area contributed by atoms with Gasteiger partial charge in [0.15, 0.2) is 0 Å². The normalized spacial score (nSPS) is 14.5. The quantitative estimate of drug-likeness (QED) is 0.493. The minimum Gasteiger partial charge on any atom is -0.377 e. The first-order valence-corrected chi connectivity index (χ1v) is 6.80. The molecule has 0 aromatic rings. The fraction of sp³-hybridized carbons (Fsp3) is 1.00. The Kier molecular flexibility index (Phi) is 6.99. The Morgan fingerprint density at radius 1 is 1.15 bits per heavy atom. The van der Waals surface area contributed by atoms with E-state index in [1.165, 1.54) is 0 Å². The summed E-state index contributed by atoms with van der Waals surface area (Å²) in [5.41, 5.74) is 0. The van der Waals surface area contributed by atoms with E-state index in [0.717, 1.165) is 12.8 Å². The molecule has 0 radical (unpaired) electrons. The maximum atomic E-state index is 6.10. The Bertz CT molecular complexity index is 122. The summed E-state index contributed by atoms with van der Waals surface area (Å²) in [4.78, 5) is 0. The van der Waals surface area contributed by atoms with Crippen molar-refractivity contribution in [2.24, 2.45) is 0 Å². The van der Waals surface area contributed by atoms with Crippen LogP contribution in [0.15, 0.2) is 0 Å². The van der Waals surface area contributed by atoms with Crippen molar-refractivity contribution < 1.29 is 13.3 Å². The van der Waals surface area contributed by atoms with Crippen LogP contribution in [0.1, 0.15) is 19.8 Å². The van der Waals surface area contributed by atoms with Gasteiger partial charge in [0.1, 0.15) is 0 Å². The van der Waals surface area contributed by atoms with Crippen LogP contribution in [0.4, 0.5) is 0 Å². The molecular formula is C8H19ClO3Si. The molecule has 13 heavy (non-hydrogen) atoms. The van der Waals surface area contributed by atoms with Crippen molar-refractivity contribution in [3.05, 3.63) is 0 Å². The first kappa shape index (κ1) is 13.4. The maximum Gasteiger partial charge on any atom is 0.501 e. The summed E-state index contributed by atoms with van der Waals surface area (Å²) in [7, 11) is 2.37. The van der Waals surface area contributed by atoms with Gasteiger partial charge in [0.05, 0.1) is 0 Å². The molecule has 0 aliphatic carbocycles. The zero-order valence-electron chi connectivity index (χ0n) is 8.80. The second-order valence-corrected chi connectivity index (χ2v) is 6.50. The first-order valence-electron chi connectivity index (χ1n) is 4.43. The van der Waals surface area contributed by atoms with Crippen LogP contribution in [0.2, 0.25) is 6.04 Å².